The highest BCUT2D eigenvalue weighted by atomic mass is 16.3. The number of nitrogens with two attached hydrogens (primary N) is 2. The highest BCUT2D eigenvalue weighted by Gasteiger charge is 2.15. The minimum Gasteiger partial charge on any atom is -0.398 e. The second-order valence-corrected chi connectivity index (χ2v) is 7.18. The fourth-order valence-corrected chi connectivity index (χ4v) is 2.96. The molecule has 1 amide bonds. The lowest BCUT2D eigenvalue weighted by Crippen LogP contribution is -2.16. The SMILES string of the molecule is CCC#C/C(=C\N(C)CCO)c1cn(C)c(/C(C)=C(C=N)/C(N)=C\C(=C\CC)C(N)=O)n1. The Morgan fingerprint density at radius 3 is 2.59 bits per heavy atom. The van der Waals surface area contributed by atoms with Crippen LogP contribution in [0.5, 0.6) is 0 Å². The maximum absolute atomic E-state index is 11.7. The maximum Gasteiger partial charge on any atom is 0.248 e. The molecule has 0 bridgehead atoms. The highest BCUT2D eigenvalue weighted by Crippen LogP contribution is 2.23. The van der Waals surface area contributed by atoms with E-state index in [4.69, 9.17) is 21.9 Å². The fraction of sp³-hybridized carbons (Fsp3) is 0.375. The van der Waals surface area contributed by atoms with Gasteiger partial charge in [0, 0.05) is 68.1 Å². The molecule has 0 saturated heterocycles. The minimum atomic E-state index is -0.577. The molecule has 0 fully saturated rings. The first-order chi connectivity index (χ1) is 15.2. The molecule has 8 nitrogen and oxygen atoms in total. The van der Waals surface area contributed by atoms with Gasteiger partial charge in [0.15, 0.2) is 0 Å². The number of carbonyl (C=O) groups is 1. The number of likely N-dealkylation sites (N-methyl/N-ethyl adjacent to an activating group) is 1. The first-order valence-corrected chi connectivity index (χ1v) is 10.4. The van der Waals surface area contributed by atoms with Gasteiger partial charge in [-0.3, -0.25) is 4.79 Å². The largest absolute Gasteiger partial charge is 0.398 e. The van der Waals surface area contributed by atoms with E-state index in [1.165, 1.54) is 6.08 Å². The number of imidazole rings is 1. The van der Waals surface area contributed by atoms with Gasteiger partial charge in [0.2, 0.25) is 5.91 Å². The van der Waals surface area contributed by atoms with Gasteiger partial charge in [0.1, 0.15) is 5.82 Å². The van der Waals surface area contributed by atoms with Crippen LogP contribution in [0, 0.1) is 17.3 Å². The number of rotatable bonds is 10. The Balaban J connectivity index is 3.55. The zero-order valence-corrected chi connectivity index (χ0v) is 19.6. The van der Waals surface area contributed by atoms with E-state index in [1.807, 2.05) is 56.7 Å². The van der Waals surface area contributed by atoms with Crippen molar-refractivity contribution in [2.45, 2.75) is 33.6 Å². The second-order valence-electron chi connectivity index (χ2n) is 7.18. The quantitative estimate of drug-likeness (QED) is 0.192. The smallest absolute Gasteiger partial charge is 0.248 e. The summed E-state index contributed by atoms with van der Waals surface area (Å²) in [4.78, 5) is 18.2. The lowest BCUT2D eigenvalue weighted by Gasteiger charge is -2.12. The number of amides is 1. The molecule has 0 aliphatic rings. The van der Waals surface area contributed by atoms with Gasteiger partial charge < -0.3 is 31.5 Å². The Kier molecular flexibility index (Phi) is 10.7. The minimum absolute atomic E-state index is 0.0326. The summed E-state index contributed by atoms with van der Waals surface area (Å²) in [5.74, 6) is 6.23. The Hall–Kier alpha value is -3.57. The van der Waals surface area contributed by atoms with Crippen molar-refractivity contribution < 1.29 is 9.90 Å². The maximum atomic E-state index is 11.7. The van der Waals surface area contributed by atoms with Crippen molar-refractivity contribution in [3.8, 4) is 11.8 Å². The van der Waals surface area contributed by atoms with Gasteiger partial charge in [-0.2, -0.15) is 0 Å². The molecule has 8 heteroatoms. The van der Waals surface area contributed by atoms with E-state index >= 15 is 0 Å². The van der Waals surface area contributed by atoms with Crippen LogP contribution in [0.2, 0.25) is 0 Å². The molecule has 6 N–H and O–H groups in total. The van der Waals surface area contributed by atoms with E-state index < -0.39 is 5.91 Å². The molecule has 1 aromatic heterocycles. The number of nitrogens with zero attached hydrogens (tertiary/aromatic N) is 3. The van der Waals surface area contributed by atoms with Gasteiger partial charge in [-0.05, 0) is 19.4 Å². The third kappa shape index (κ3) is 7.29. The number of aliphatic hydroxyl groups is 1. The number of aromatic nitrogens is 2. The molecule has 0 unspecified atom stereocenters. The molecule has 0 atom stereocenters. The van der Waals surface area contributed by atoms with Gasteiger partial charge in [-0.25, -0.2) is 4.98 Å². The first-order valence-electron chi connectivity index (χ1n) is 10.4. The average Bonchev–Trinajstić information content (AvgIpc) is 3.12. The zero-order chi connectivity index (χ0) is 24.3. The number of nitrogens with one attached hydrogen (secondary N) is 1. The Labute approximate surface area is 190 Å². The van der Waals surface area contributed by atoms with Crippen molar-refractivity contribution in [1.82, 2.24) is 14.5 Å². The Bertz CT molecular complexity index is 1020. The van der Waals surface area contributed by atoms with E-state index in [9.17, 15) is 9.90 Å². The van der Waals surface area contributed by atoms with Crippen LogP contribution in [-0.2, 0) is 11.8 Å². The molecule has 0 spiro atoms. The fourth-order valence-electron chi connectivity index (χ4n) is 2.96. The topological polar surface area (TPSA) is 134 Å². The summed E-state index contributed by atoms with van der Waals surface area (Å²) in [7, 11) is 3.71. The Morgan fingerprint density at radius 1 is 1.38 bits per heavy atom. The Morgan fingerprint density at radius 2 is 2.06 bits per heavy atom. The van der Waals surface area contributed by atoms with Crippen LogP contribution < -0.4 is 11.5 Å². The van der Waals surface area contributed by atoms with Crippen LogP contribution in [0.15, 0.2) is 41.4 Å². The molecule has 172 valence electrons. The third-order valence-electron chi connectivity index (χ3n) is 4.57. The molecule has 32 heavy (non-hydrogen) atoms. The highest BCUT2D eigenvalue weighted by molar-refractivity contribution is 5.97. The lowest BCUT2D eigenvalue weighted by molar-refractivity contribution is -0.114. The molecule has 0 saturated carbocycles. The number of hydrogen-bond acceptors (Lipinski definition) is 6. The number of primary amides is 1. The number of aliphatic hydroxyl groups excluding tert-OH is 1. The summed E-state index contributed by atoms with van der Waals surface area (Å²) in [5, 5.41) is 17.1. The van der Waals surface area contributed by atoms with Crippen LogP contribution in [0.3, 0.4) is 0 Å². The van der Waals surface area contributed by atoms with Gasteiger partial charge >= 0.3 is 0 Å². The van der Waals surface area contributed by atoms with Crippen LogP contribution in [0.25, 0.3) is 11.1 Å². The molecule has 1 aromatic rings. The van der Waals surface area contributed by atoms with E-state index in [1.54, 1.807) is 6.08 Å². The summed E-state index contributed by atoms with van der Waals surface area (Å²) in [5.41, 5.74) is 14.7. The van der Waals surface area contributed by atoms with Gasteiger partial charge in [-0.15, -0.1) is 0 Å². The molecule has 1 heterocycles. The normalized spacial score (nSPS) is 13.2. The zero-order valence-electron chi connectivity index (χ0n) is 19.6. The van der Waals surface area contributed by atoms with Gasteiger partial charge in [0.25, 0.3) is 0 Å². The summed E-state index contributed by atoms with van der Waals surface area (Å²) >= 11 is 0. The molecule has 0 aliphatic carbocycles. The summed E-state index contributed by atoms with van der Waals surface area (Å²) in [6.07, 6.45) is 9.36. The van der Waals surface area contributed by atoms with E-state index in [0.29, 0.717) is 47.6 Å². The van der Waals surface area contributed by atoms with Gasteiger partial charge in [-0.1, -0.05) is 31.8 Å². The number of hydrogen-bond donors (Lipinski definition) is 4. The van der Waals surface area contributed by atoms with Crippen LogP contribution in [0.4, 0.5) is 0 Å². The number of carbonyl (C=O) groups excluding carboxylic acids is 1. The van der Waals surface area contributed by atoms with E-state index in [-0.39, 0.29) is 12.3 Å². The third-order valence-corrected chi connectivity index (χ3v) is 4.57. The number of aryl methyl sites for hydroxylation is 1. The molecule has 0 radical (unpaired) electrons. The second kappa shape index (κ2) is 13.0. The van der Waals surface area contributed by atoms with Crippen molar-refractivity contribution in [2.24, 2.45) is 18.5 Å². The van der Waals surface area contributed by atoms with Crippen LogP contribution >= 0.6 is 0 Å². The van der Waals surface area contributed by atoms with Crippen LogP contribution in [-0.4, -0.2) is 51.9 Å². The summed E-state index contributed by atoms with van der Waals surface area (Å²) < 4.78 is 1.84. The van der Waals surface area contributed by atoms with Crippen LogP contribution in [0.1, 0.15) is 45.1 Å². The summed E-state index contributed by atoms with van der Waals surface area (Å²) in [6.45, 7) is 6.19. The first kappa shape index (κ1) is 26.5. The standard InChI is InChI=1S/C24H34N6O2/c1-6-8-10-19(15-29(4)11-12-31)22-16-30(5)24(28-22)17(3)20(14-25)21(26)13-18(9-7-2)23(27)32/h9,13-16,25,31H,6-7,11-12,26H2,1-5H3,(H2,27,32)/b18-9-,19-15+,20-17+,21-13+,25-14?. The summed E-state index contributed by atoms with van der Waals surface area (Å²) in [6, 6.07) is 0. The predicted molar refractivity (Wildman–Crippen MR) is 130 cm³/mol. The lowest BCUT2D eigenvalue weighted by atomic mass is 10.0. The molecular weight excluding hydrogens is 404 g/mol. The van der Waals surface area contributed by atoms with Crippen molar-refractivity contribution in [3.63, 3.8) is 0 Å². The molecule has 0 aromatic carbocycles. The molecule has 0 aliphatic heterocycles. The molecular formula is C24H34N6O2. The van der Waals surface area contributed by atoms with Crippen molar-refractivity contribution in [1.29, 1.82) is 5.41 Å². The van der Waals surface area contributed by atoms with Crippen molar-refractivity contribution >= 4 is 23.3 Å². The number of allylic oxidation sites excluding steroid dienone is 4. The monoisotopic (exact) mass is 438 g/mol. The molecule has 1 rings (SSSR count). The van der Waals surface area contributed by atoms with E-state index in [2.05, 4.69) is 11.8 Å². The predicted octanol–water partition coefficient (Wildman–Crippen LogP) is 2.19. The average molecular weight is 439 g/mol. The van der Waals surface area contributed by atoms with Crippen molar-refractivity contribution in [2.75, 3.05) is 20.2 Å². The van der Waals surface area contributed by atoms with Gasteiger partial charge in [0.05, 0.1) is 17.9 Å². The van der Waals surface area contributed by atoms with E-state index in [0.717, 1.165) is 11.8 Å². The van der Waals surface area contributed by atoms with Crippen molar-refractivity contribution in [3.05, 3.63) is 52.9 Å².